The Morgan fingerprint density at radius 3 is 2.81 bits per heavy atom. The molecule has 1 aromatic carbocycles. The van der Waals surface area contributed by atoms with Crippen LogP contribution < -0.4 is 10.2 Å². The Morgan fingerprint density at radius 2 is 2.10 bits per heavy atom. The topological polar surface area (TPSA) is 46.7 Å². The summed E-state index contributed by atoms with van der Waals surface area (Å²) < 4.78 is 18.7. The smallest absolute Gasteiger partial charge is 0.275 e. The average Bonchev–Trinajstić information content (AvgIpc) is 2.93. The quantitative estimate of drug-likeness (QED) is 0.792. The molecule has 0 aliphatic rings. The van der Waals surface area contributed by atoms with Crippen LogP contribution in [0.4, 0.5) is 4.39 Å². The van der Waals surface area contributed by atoms with Gasteiger partial charge >= 0.3 is 0 Å². The first-order valence-electron chi connectivity index (χ1n) is 6.99. The molecule has 0 spiro atoms. The molecule has 1 atom stereocenters. The average molecular weight is 291 g/mol. The third kappa shape index (κ3) is 5.04. The molecule has 0 aliphatic carbocycles. The van der Waals surface area contributed by atoms with E-state index in [2.05, 4.69) is 5.32 Å². The van der Waals surface area contributed by atoms with Gasteiger partial charge in [-0.05, 0) is 30.2 Å². The van der Waals surface area contributed by atoms with E-state index in [1.165, 1.54) is 6.07 Å². The third-order valence-electron chi connectivity index (χ3n) is 3.19. The number of quaternary nitrogens is 1. The number of carbonyl (C=O) groups excluding carboxylic acids is 1. The molecule has 1 heterocycles. The highest BCUT2D eigenvalue weighted by Gasteiger charge is 2.11. The van der Waals surface area contributed by atoms with Gasteiger partial charge in [-0.25, -0.2) is 4.39 Å². The minimum Gasteiger partial charge on any atom is -0.463 e. The molecule has 5 heteroatoms. The van der Waals surface area contributed by atoms with Crippen molar-refractivity contribution in [3.8, 4) is 0 Å². The minimum atomic E-state index is -0.229. The first-order valence-corrected chi connectivity index (χ1v) is 6.99. The van der Waals surface area contributed by atoms with Crippen LogP contribution in [0.5, 0.6) is 0 Å². The maximum Gasteiger partial charge on any atom is 0.275 e. The van der Waals surface area contributed by atoms with Gasteiger partial charge in [0.05, 0.1) is 13.3 Å². The molecule has 0 radical (unpaired) electrons. The minimum absolute atomic E-state index is 0.0459. The molecule has 21 heavy (non-hydrogen) atoms. The Morgan fingerprint density at radius 1 is 1.29 bits per heavy atom. The number of likely N-dealkylation sites (N-methyl/N-ethyl adjacent to an activating group) is 1. The second-order valence-electron chi connectivity index (χ2n) is 5.08. The monoisotopic (exact) mass is 291 g/mol. The first kappa shape index (κ1) is 15.3. The fourth-order valence-corrected chi connectivity index (χ4v) is 2.15. The van der Waals surface area contributed by atoms with Crippen LogP contribution in [0.1, 0.15) is 11.3 Å². The number of hydrogen-bond donors (Lipinski definition) is 2. The van der Waals surface area contributed by atoms with E-state index in [1.807, 2.05) is 19.2 Å². The highest BCUT2D eigenvalue weighted by Crippen LogP contribution is 2.05. The van der Waals surface area contributed by atoms with Gasteiger partial charge < -0.3 is 14.6 Å². The van der Waals surface area contributed by atoms with E-state index in [0.29, 0.717) is 31.6 Å². The SMILES string of the molecule is C[NH+](CC(=O)NCCc1ccccc1F)Cc1ccco1. The lowest BCUT2D eigenvalue weighted by Crippen LogP contribution is -3.08. The lowest BCUT2D eigenvalue weighted by Gasteiger charge is -2.12. The summed E-state index contributed by atoms with van der Waals surface area (Å²) in [5, 5.41) is 2.81. The Labute approximate surface area is 123 Å². The van der Waals surface area contributed by atoms with Gasteiger partial charge in [0.2, 0.25) is 0 Å². The van der Waals surface area contributed by atoms with Crippen LogP contribution >= 0.6 is 0 Å². The summed E-state index contributed by atoms with van der Waals surface area (Å²) in [6, 6.07) is 10.3. The summed E-state index contributed by atoms with van der Waals surface area (Å²) in [5.74, 6) is 0.578. The van der Waals surface area contributed by atoms with E-state index in [4.69, 9.17) is 4.42 Å². The molecule has 0 aliphatic heterocycles. The van der Waals surface area contributed by atoms with Crippen molar-refractivity contribution in [2.24, 2.45) is 0 Å². The highest BCUT2D eigenvalue weighted by atomic mass is 19.1. The summed E-state index contributed by atoms with van der Waals surface area (Å²) in [6.45, 7) is 1.46. The van der Waals surface area contributed by atoms with E-state index in [0.717, 1.165) is 10.7 Å². The van der Waals surface area contributed by atoms with E-state index in [1.54, 1.807) is 24.5 Å². The number of rotatable bonds is 7. The van der Waals surface area contributed by atoms with Crippen molar-refractivity contribution in [3.05, 3.63) is 59.8 Å². The lowest BCUT2D eigenvalue weighted by atomic mass is 10.1. The van der Waals surface area contributed by atoms with Crippen molar-refractivity contribution < 1.29 is 18.5 Å². The Kier molecular flexibility index (Phi) is 5.51. The predicted molar refractivity (Wildman–Crippen MR) is 77.3 cm³/mol. The molecule has 2 N–H and O–H groups in total. The standard InChI is InChI=1S/C16H19FN2O2/c1-19(11-14-6-4-10-21-14)12-16(20)18-9-8-13-5-2-3-7-15(13)17/h2-7,10H,8-9,11-12H2,1H3,(H,18,20)/p+1. The molecule has 2 rings (SSSR count). The van der Waals surface area contributed by atoms with Crippen molar-refractivity contribution in [1.82, 2.24) is 5.32 Å². The molecule has 1 aromatic heterocycles. The Hall–Kier alpha value is -2.14. The normalized spacial score (nSPS) is 12.1. The number of benzene rings is 1. The van der Waals surface area contributed by atoms with Crippen molar-refractivity contribution in [3.63, 3.8) is 0 Å². The summed E-state index contributed by atoms with van der Waals surface area (Å²) in [7, 11) is 1.93. The lowest BCUT2D eigenvalue weighted by molar-refractivity contribution is -0.886. The van der Waals surface area contributed by atoms with Crippen LogP contribution in [0.2, 0.25) is 0 Å². The van der Waals surface area contributed by atoms with Crippen molar-refractivity contribution >= 4 is 5.91 Å². The summed E-state index contributed by atoms with van der Waals surface area (Å²) in [6.07, 6.45) is 2.12. The molecule has 1 unspecified atom stereocenters. The molecule has 112 valence electrons. The van der Waals surface area contributed by atoms with Crippen LogP contribution in [0, 0.1) is 5.82 Å². The number of amides is 1. The molecular formula is C16H20FN2O2+. The fourth-order valence-electron chi connectivity index (χ4n) is 2.15. The first-order chi connectivity index (χ1) is 10.1. The number of carbonyl (C=O) groups is 1. The van der Waals surface area contributed by atoms with E-state index < -0.39 is 0 Å². The van der Waals surface area contributed by atoms with E-state index in [9.17, 15) is 9.18 Å². The second-order valence-corrected chi connectivity index (χ2v) is 5.08. The van der Waals surface area contributed by atoms with Gasteiger partial charge in [-0.15, -0.1) is 0 Å². The number of furan rings is 1. The molecular weight excluding hydrogens is 271 g/mol. The Balaban J connectivity index is 1.69. The molecule has 1 amide bonds. The molecule has 0 saturated carbocycles. The zero-order chi connectivity index (χ0) is 15.1. The zero-order valence-corrected chi connectivity index (χ0v) is 12.1. The zero-order valence-electron chi connectivity index (χ0n) is 12.1. The van der Waals surface area contributed by atoms with Gasteiger partial charge in [-0.1, -0.05) is 18.2 Å². The highest BCUT2D eigenvalue weighted by molar-refractivity contribution is 5.76. The molecule has 2 aromatic rings. The summed E-state index contributed by atoms with van der Waals surface area (Å²) >= 11 is 0. The fraction of sp³-hybridized carbons (Fsp3) is 0.312. The van der Waals surface area contributed by atoms with Crippen LogP contribution in [-0.4, -0.2) is 26.0 Å². The summed E-state index contributed by atoms with van der Waals surface area (Å²) in [4.78, 5) is 12.8. The molecule has 0 saturated heterocycles. The van der Waals surface area contributed by atoms with Gasteiger partial charge in [0, 0.05) is 6.54 Å². The van der Waals surface area contributed by atoms with Crippen LogP contribution in [-0.2, 0) is 17.8 Å². The van der Waals surface area contributed by atoms with Crippen LogP contribution in [0.15, 0.2) is 47.1 Å². The second kappa shape index (κ2) is 7.59. The van der Waals surface area contributed by atoms with Gasteiger partial charge in [0.15, 0.2) is 12.3 Å². The Bertz CT molecular complexity index is 569. The van der Waals surface area contributed by atoms with Crippen molar-refractivity contribution in [1.29, 1.82) is 0 Å². The van der Waals surface area contributed by atoms with Gasteiger partial charge in [-0.2, -0.15) is 0 Å². The maximum atomic E-state index is 13.4. The molecule has 0 bridgehead atoms. The maximum absolute atomic E-state index is 13.4. The third-order valence-corrected chi connectivity index (χ3v) is 3.19. The predicted octanol–water partition coefficient (Wildman–Crippen LogP) is 0.792. The van der Waals surface area contributed by atoms with Crippen molar-refractivity contribution in [2.75, 3.05) is 20.1 Å². The van der Waals surface area contributed by atoms with Crippen LogP contribution in [0.3, 0.4) is 0 Å². The largest absolute Gasteiger partial charge is 0.463 e. The molecule has 4 nitrogen and oxygen atoms in total. The van der Waals surface area contributed by atoms with E-state index in [-0.39, 0.29) is 11.7 Å². The van der Waals surface area contributed by atoms with Crippen LogP contribution in [0.25, 0.3) is 0 Å². The van der Waals surface area contributed by atoms with Gasteiger partial charge in [0.25, 0.3) is 5.91 Å². The summed E-state index contributed by atoms with van der Waals surface area (Å²) in [5.41, 5.74) is 0.620. The van der Waals surface area contributed by atoms with E-state index >= 15 is 0 Å². The number of hydrogen-bond acceptors (Lipinski definition) is 2. The van der Waals surface area contributed by atoms with Gasteiger partial charge in [0.1, 0.15) is 12.4 Å². The number of halogens is 1. The number of nitrogens with one attached hydrogen (secondary N) is 2. The molecule has 0 fully saturated rings. The van der Waals surface area contributed by atoms with Crippen molar-refractivity contribution in [2.45, 2.75) is 13.0 Å². The van der Waals surface area contributed by atoms with Gasteiger partial charge in [-0.3, -0.25) is 4.79 Å².